The highest BCUT2D eigenvalue weighted by Crippen LogP contribution is 2.67. The molecule has 3 heteroatoms. The van der Waals surface area contributed by atoms with Gasteiger partial charge in [0.2, 0.25) is 0 Å². The second-order valence-corrected chi connectivity index (χ2v) is 10.4. The molecular weight excluding hydrogens is 417 g/mol. The Bertz CT molecular complexity index is 1000. The number of hydrogen-bond acceptors (Lipinski definition) is 0. The molecule has 2 unspecified atom stereocenters. The maximum absolute atomic E-state index is 15.2. The molecule has 0 amide bonds. The van der Waals surface area contributed by atoms with Gasteiger partial charge in [-0.3, -0.25) is 0 Å². The summed E-state index contributed by atoms with van der Waals surface area (Å²) in [4.78, 5) is 0. The predicted molar refractivity (Wildman–Crippen MR) is 127 cm³/mol. The summed E-state index contributed by atoms with van der Waals surface area (Å²) in [5.41, 5.74) is 0.558. The Balaban J connectivity index is 1.64. The van der Waals surface area contributed by atoms with Crippen LogP contribution in [0.2, 0.25) is 0 Å². The molecule has 0 spiro atoms. The lowest BCUT2D eigenvalue weighted by Gasteiger charge is -2.60. The van der Waals surface area contributed by atoms with Crippen LogP contribution < -0.4 is 0 Å². The molecule has 0 aliphatic heterocycles. The molecule has 0 N–H and O–H groups in total. The minimum absolute atomic E-state index is 0.143. The Morgan fingerprint density at radius 2 is 1.06 bits per heavy atom. The van der Waals surface area contributed by atoms with Crippen LogP contribution >= 0.6 is 0 Å². The molecule has 0 radical (unpaired) electrons. The lowest BCUT2D eigenvalue weighted by Crippen LogP contribution is -2.57. The summed E-state index contributed by atoms with van der Waals surface area (Å²) in [7, 11) is 0. The van der Waals surface area contributed by atoms with Crippen LogP contribution in [0.5, 0.6) is 0 Å². The number of fused-ring (bicyclic) bond motifs is 2. The van der Waals surface area contributed by atoms with Crippen LogP contribution in [-0.4, -0.2) is 6.18 Å². The fraction of sp³-hybridized carbons (Fsp3) is 0.400. The molecule has 0 heterocycles. The van der Waals surface area contributed by atoms with Crippen molar-refractivity contribution in [1.82, 2.24) is 0 Å². The third-order valence-electron chi connectivity index (χ3n) is 8.45. The third kappa shape index (κ3) is 4.00. The van der Waals surface area contributed by atoms with Crippen molar-refractivity contribution in [3.05, 3.63) is 108 Å². The quantitative estimate of drug-likeness (QED) is 0.367. The van der Waals surface area contributed by atoms with Crippen molar-refractivity contribution in [2.75, 3.05) is 0 Å². The normalized spacial score (nSPS) is 29.5. The van der Waals surface area contributed by atoms with E-state index in [1.54, 1.807) is 0 Å². The van der Waals surface area contributed by atoms with Gasteiger partial charge in [0.1, 0.15) is 0 Å². The van der Waals surface area contributed by atoms with E-state index in [0.717, 1.165) is 42.4 Å². The number of halogens is 3. The van der Waals surface area contributed by atoms with Gasteiger partial charge in [0.05, 0.1) is 5.41 Å². The van der Waals surface area contributed by atoms with Crippen molar-refractivity contribution in [1.29, 1.82) is 0 Å². The number of aryl methyl sites for hydroxylation is 1. The van der Waals surface area contributed by atoms with Gasteiger partial charge in [-0.05, 0) is 72.5 Å². The first-order valence-corrected chi connectivity index (χ1v) is 12.1. The highest BCUT2D eigenvalue weighted by Gasteiger charge is 2.65. The molecule has 33 heavy (non-hydrogen) atoms. The summed E-state index contributed by atoms with van der Waals surface area (Å²) in [6.45, 7) is 0. The van der Waals surface area contributed by atoms with Crippen LogP contribution in [-0.2, 0) is 17.3 Å². The minimum atomic E-state index is -4.25. The molecule has 172 valence electrons. The van der Waals surface area contributed by atoms with Crippen LogP contribution in [0.3, 0.4) is 0 Å². The van der Waals surface area contributed by atoms with Gasteiger partial charge in [0.15, 0.2) is 0 Å². The van der Waals surface area contributed by atoms with Crippen LogP contribution in [0.1, 0.15) is 61.6 Å². The Morgan fingerprint density at radius 3 is 1.52 bits per heavy atom. The zero-order chi connectivity index (χ0) is 23.0. The van der Waals surface area contributed by atoms with Gasteiger partial charge in [-0.25, -0.2) is 0 Å². The van der Waals surface area contributed by atoms with Crippen molar-refractivity contribution in [2.24, 2.45) is 5.41 Å². The van der Waals surface area contributed by atoms with Gasteiger partial charge >= 0.3 is 6.18 Å². The molecule has 2 atom stereocenters. The topological polar surface area (TPSA) is 0 Å². The van der Waals surface area contributed by atoms with Gasteiger partial charge in [0.25, 0.3) is 0 Å². The monoisotopic (exact) mass is 448 g/mol. The Kier molecular flexibility index (Phi) is 5.63. The average molecular weight is 449 g/mol. The molecule has 2 saturated carbocycles. The van der Waals surface area contributed by atoms with E-state index >= 15 is 13.2 Å². The van der Waals surface area contributed by atoms with E-state index in [-0.39, 0.29) is 19.3 Å². The average Bonchev–Trinajstić information content (AvgIpc) is 2.84. The van der Waals surface area contributed by atoms with E-state index < -0.39 is 22.4 Å². The summed E-state index contributed by atoms with van der Waals surface area (Å²) in [5.74, 6) is 0. The fourth-order valence-electron chi connectivity index (χ4n) is 7.08. The fourth-order valence-corrected chi connectivity index (χ4v) is 7.08. The Labute approximate surface area is 194 Å². The van der Waals surface area contributed by atoms with E-state index in [9.17, 15) is 0 Å². The van der Waals surface area contributed by atoms with E-state index in [1.807, 2.05) is 66.7 Å². The predicted octanol–water partition coefficient (Wildman–Crippen LogP) is 8.41. The zero-order valence-corrected chi connectivity index (χ0v) is 19.0. The Hall–Kier alpha value is -2.55. The maximum atomic E-state index is 15.2. The van der Waals surface area contributed by atoms with Gasteiger partial charge < -0.3 is 0 Å². The molecule has 0 nitrogen and oxygen atoms in total. The molecule has 5 rings (SSSR count). The summed E-state index contributed by atoms with van der Waals surface area (Å²) in [5, 5.41) is 0. The number of benzene rings is 3. The minimum Gasteiger partial charge on any atom is -0.171 e. The van der Waals surface area contributed by atoms with Crippen LogP contribution in [0.15, 0.2) is 91.0 Å². The first-order valence-electron chi connectivity index (χ1n) is 12.1. The maximum Gasteiger partial charge on any atom is 0.394 e. The van der Waals surface area contributed by atoms with Gasteiger partial charge in [0, 0.05) is 0 Å². The van der Waals surface area contributed by atoms with Gasteiger partial charge in [-0.1, -0.05) is 97.4 Å². The van der Waals surface area contributed by atoms with Crippen molar-refractivity contribution >= 4 is 0 Å². The van der Waals surface area contributed by atoms with Crippen LogP contribution in [0.25, 0.3) is 0 Å². The van der Waals surface area contributed by atoms with E-state index in [0.29, 0.717) is 6.42 Å². The van der Waals surface area contributed by atoms with Crippen molar-refractivity contribution < 1.29 is 13.2 Å². The second-order valence-electron chi connectivity index (χ2n) is 10.4. The van der Waals surface area contributed by atoms with Gasteiger partial charge in [-0.15, -0.1) is 0 Å². The van der Waals surface area contributed by atoms with Crippen LogP contribution in [0, 0.1) is 5.41 Å². The van der Waals surface area contributed by atoms with Crippen molar-refractivity contribution in [3.8, 4) is 0 Å². The first-order chi connectivity index (χ1) is 15.9. The lowest BCUT2D eigenvalue weighted by atomic mass is 9.44. The summed E-state index contributed by atoms with van der Waals surface area (Å²) >= 11 is 0. The molecular formula is C30H31F3. The van der Waals surface area contributed by atoms with Gasteiger partial charge in [-0.2, -0.15) is 13.2 Å². The van der Waals surface area contributed by atoms with E-state index in [4.69, 9.17) is 0 Å². The molecule has 2 aliphatic carbocycles. The summed E-state index contributed by atoms with van der Waals surface area (Å²) in [6, 6.07) is 29.8. The lowest BCUT2D eigenvalue weighted by molar-refractivity contribution is -0.255. The van der Waals surface area contributed by atoms with Crippen LogP contribution in [0.4, 0.5) is 13.2 Å². The standard InChI is InChI=1S/C30H31F3/c31-30(32,33)29(20-17-24-11-4-1-5-12-24)22-27(25-13-6-2-7-14-25)18-10-19-28(21-27,23-29)26-15-8-3-9-16-26/h1-9,11-16H,10,17-23H2. The SMILES string of the molecule is FC(F)(F)C1(CCc2ccccc2)CC2(c3ccccc3)CCCC(c3ccccc3)(C2)C1. The molecule has 2 bridgehead atoms. The summed E-state index contributed by atoms with van der Waals surface area (Å²) < 4.78 is 45.5. The number of alkyl halides is 3. The van der Waals surface area contributed by atoms with E-state index in [1.165, 1.54) is 0 Å². The van der Waals surface area contributed by atoms with Crippen molar-refractivity contribution in [2.45, 2.75) is 68.4 Å². The highest BCUT2D eigenvalue weighted by molar-refractivity contribution is 5.37. The molecule has 2 fully saturated rings. The van der Waals surface area contributed by atoms with E-state index in [2.05, 4.69) is 24.3 Å². The largest absolute Gasteiger partial charge is 0.394 e. The molecule has 0 saturated heterocycles. The summed E-state index contributed by atoms with van der Waals surface area (Å²) in [6.07, 6.45) is 0.153. The Morgan fingerprint density at radius 1 is 0.606 bits per heavy atom. The van der Waals surface area contributed by atoms with Crippen molar-refractivity contribution in [3.63, 3.8) is 0 Å². The molecule has 2 aliphatic rings. The molecule has 3 aromatic rings. The molecule has 0 aromatic heterocycles. The first kappa shape index (κ1) is 22.3. The number of hydrogen-bond donors (Lipinski definition) is 0. The highest BCUT2D eigenvalue weighted by atomic mass is 19.4. The number of rotatable bonds is 5. The smallest absolute Gasteiger partial charge is 0.171 e. The molecule has 3 aromatic carbocycles. The third-order valence-corrected chi connectivity index (χ3v) is 8.45. The second kappa shape index (κ2) is 8.34. The zero-order valence-electron chi connectivity index (χ0n) is 19.0.